The molecule has 0 bridgehead atoms. The van der Waals surface area contributed by atoms with E-state index in [9.17, 15) is 4.39 Å². The molecular weight excluding hydrogens is 241 g/mol. The largest absolute Gasteiger partial charge is 0.458 e. The molecule has 1 heterocycles. The van der Waals surface area contributed by atoms with E-state index in [0.717, 1.165) is 10.9 Å². The minimum atomic E-state index is -0.336. The van der Waals surface area contributed by atoms with Crippen molar-refractivity contribution in [1.29, 1.82) is 0 Å². The standard InChI is InChI=1S/C16H14FNO/c17-14-8-4-7-12-9-13(19-16(12)14)10-15(18)11-5-2-1-3-6-11/h1-9,15H,10,18H2. The van der Waals surface area contributed by atoms with Crippen molar-refractivity contribution in [3.05, 3.63) is 71.7 Å². The quantitative estimate of drug-likeness (QED) is 0.772. The summed E-state index contributed by atoms with van der Waals surface area (Å²) in [7, 11) is 0. The second-order valence-electron chi connectivity index (χ2n) is 4.59. The molecule has 2 nitrogen and oxygen atoms in total. The molecule has 0 saturated carbocycles. The van der Waals surface area contributed by atoms with Gasteiger partial charge in [0.05, 0.1) is 0 Å². The lowest BCUT2D eigenvalue weighted by atomic mass is 10.0. The Hall–Kier alpha value is -2.13. The van der Waals surface area contributed by atoms with Gasteiger partial charge < -0.3 is 10.2 Å². The number of rotatable bonds is 3. The van der Waals surface area contributed by atoms with Crippen molar-refractivity contribution < 1.29 is 8.81 Å². The normalized spacial score (nSPS) is 12.7. The van der Waals surface area contributed by atoms with Gasteiger partial charge in [-0.3, -0.25) is 0 Å². The first-order valence-corrected chi connectivity index (χ1v) is 6.21. The lowest BCUT2D eigenvalue weighted by Crippen LogP contribution is -2.12. The molecule has 0 aliphatic rings. The van der Waals surface area contributed by atoms with Crippen molar-refractivity contribution in [3.8, 4) is 0 Å². The van der Waals surface area contributed by atoms with Crippen LogP contribution in [0.3, 0.4) is 0 Å². The predicted molar refractivity (Wildman–Crippen MR) is 73.2 cm³/mol. The van der Waals surface area contributed by atoms with Crippen LogP contribution in [0.5, 0.6) is 0 Å². The lowest BCUT2D eigenvalue weighted by molar-refractivity contribution is 0.500. The fraction of sp³-hybridized carbons (Fsp3) is 0.125. The van der Waals surface area contributed by atoms with Gasteiger partial charge in [0.2, 0.25) is 0 Å². The summed E-state index contributed by atoms with van der Waals surface area (Å²) in [6.07, 6.45) is 0.554. The summed E-state index contributed by atoms with van der Waals surface area (Å²) in [6.45, 7) is 0. The zero-order chi connectivity index (χ0) is 13.2. The number of nitrogens with two attached hydrogens (primary N) is 1. The van der Waals surface area contributed by atoms with Crippen LogP contribution in [0.15, 0.2) is 59.0 Å². The second kappa shape index (κ2) is 4.86. The SMILES string of the molecule is NC(Cc1cc2cccc(F)c2o1)c1ccccc1. The van der Waals surface area contributed by atoms with Crippen molar-refractivity contribution in [2.45, 2.75) is 12.5 Å². The van der Waals surface area contributed by atoms with Gasteiger partial charge in [-0.25, -0.2) is 4.39 Å². The van der Waals surface area contributed by atoms with Crippen LogP contribution in [-0.2, 0) is 6.42 Å². The minimum absolute atomic E-state index is 0.148. The molecule has 3 heteroatoms. The molecule has 3 aromatic rings. The third kappa shape index (κ3) is 2.37. The van der Waals surface area contributed by atoms with Crippen LogP contribution in [0.4, 0.5) is 4.39 Å². The molecule has 0 fully saturated rings. The van der Waals surface area contributed by atoms with Crippen LogP contribution in [0, 0.1) is 5.82 Å². The maximum atomic E-state index is 13.5. The van der Waals surface area contributed by atoms with E-state index >= 15 is 0 Å². The summed E-state index contributed by atoms with van der Waals surface area (Å²) in [5.74, 6) is 0.369. The van der Waals surface area contributed by atoms with Crippen molar-refractivity contribution in [2.24, 2.45) is 5.73 Å². The van der Waals surface area contributed by atoms with Crippen molar-refractivity contribution in [1.82, 2.24) is 0 Å². The highest BCUT2D eigenvalue weighted by Gasteiger charge is 2.12. The van der Waals surface area contributed by atoms with Gasteiger partial charge in [0.1, 0.15) is 5.76 Å². The number of hydrogen-bond donors (Lipinski definition) is 1. The van der Waals surface area contributed by atoms with Crippen molar-refractivity contribution in [2.75, 3.05) is 0 Å². The van der Waals surface area contributed by atoms with Gasteiger partial charge >= 0.3 is 0 Å². The van der Waals surface area contributed by atoms with Gasteiger partial charge in [-0.15, -0.1) is 0 Å². The van der Waals surface area contributed by atoms with Crippen LogP contribution in [0.25, 0.3) is 11.0 Å². The Morgan fingerprint density at radius 1 is 1.05 bits per heavy atom. The van der Waals surface area contributed by atoms with E-state index in [1.807, 2.05) is 42.5 Å². The highest BCUT2D eigenvalue weighted by molar-refractivity contribution is 5.78. The Morgan fingerprint density at radius 2 is 1.84 bits per heavy atom. The second-order valence-corrected chi connectivity index (χ2v) is 4.59. The lowest BCUT2D eigenvalue weighted by Gasteiger charge is -2.09. The van der Waals surface area contributed by atoms with Gasteiger partial charge in [0.15, 0.2) is 11.4 Å². The van der Waals surface area contributed by atoms with Gasteiger partial charge in [-0.1, -0.05) is 42.5 Å². The molecule has 2 aromatic carbocycles. The fourth-order valence-electron chi connectivity index (χ4n) is 2.22. The molecular formula is C16H14FNO. The smallest absolute Gasteiger partial charge is 0.169 e. The number of furan rings is 1. The minimum Gasteiger partial charge on any atom is -0.458 e. The third-order valence-electron chi connectivity index (χ3n) is 3.20. The summed E-state index contributed by atoms with van der Waals surface area (Å²) >= 11 is 0. The van der Waals surface area contributed by atoms with Gasteiger partial charge in [0, 0.05) is 17.8 Å². The molecule has 1 atom stereocenters. The zero-order valence-corrected chi connectivity index (χ0v) is 10.3. The van der Waals surface area contributed by atoms with E-state index in [0.29, 0.717) is 17.8 Å². The number of para-hydroxylation sites is 1. The summed E-state index contributed by atoms with van der Waals surface area (Å²) in [4.78, 5) is 0. The van der Waals surface area contributed by atoms with Gasteiger partial charge in [-0.05, 0) is 17.7 Å². The molecule has 0 aliphatic carbocycles. The molecule has 2 N–H and O–H groups in total. The van der Waals surface area contributed by atoms with Crippen LogP contribution in [0.2, 0.25) is 0 Å². The topological polar surface area (TPSA) is 39.2 Å². The summed E-state index contributed by atoms with van der Waals surface area (Å²) < 4.78 is 19.1. The van der Waals surface area contributed by atoms with Gasteiger partial charge in [0.25, 0.3) is 0 Å². The van der Waals surface area contributed by atoms with Crippen LogP contribution in [0.1, 0.15) is 17.4 Å². The number of halogens is 1. The molecule has 1 aromatic heterocycles. The van der Waals surface area contributed by atoms with E-state index in [2.05, 4.69) is 0 Å². The molecule has 0 radical (unpaired) electrons. The molecule has 19 heavy (non-hydrogen) atoms. The van der Waals surface area contributed by atoms with E-state index in [4.69, 9.17) is 10.2 Å². The molecule has 0 saturated heterocycles. The number of fused-ring (bicyclic) bond motifs is 1. The Balaban J connectivity index is 1.88. The molecule has 0 aliphatic heterocycles. The van der Waals surface area contributed by atoms with E-state index in [1.54, 1.807) is 6.07 Å². The van der Waals surface area contributed by atoms with Crippen molar-refractivity contribution in [3.63, 3.8) is 0 Å². The average Bonchev–Trinajstić information content (AvgIpc) is 2.84. The van der Waals surface area contributed by atoms with Crippen LogP contribution < -0.4 is 5.73 Å². The average molecular weight is 255 g/mol. The van der Waals surface area contributed by atoms with Gasteiger partial charge in [-0.2, -0.15) is 0 Å². The fourth-order valence-corrected chi connectivity index (χ4v) is 2.22. The summed E-state index contributed by atoms with van der Waals surface area (Å²) in [5, 5.41) is 0.773. The Morgan fingerprint density at radius 3 is 2.58 bits per heavy atom. The number of benzene rings is 2. The zero-order valence-electron chi connectivity index (χ0n) is 10.3. The molecule has 96 valence electrons. The van der Waals surface area contributed by atoms with E-state index in [-0.39, 0.29) is 11.9 Å². The first kappa shape index (κ1) is 11.9. The van der Waals surface area contributed by atoms with Crippen LogP contribution in [-0.4, -0.2) is 0 Å². The Bertz CT molecular complexity index is 690. The summed E-state index contributed by atoms with van der Waals surface area (Å²) in [6, 6.07) is 16.4. The highest BCUT2D eigenvalue weighted by Crippen LogP contribution is 2.25. The summed E-state index contributed by atoms with van der Waals surface area (Å²) in [5.41, 5.74) is 7.48. The predicted octanol–water partition coefficient (Wildman–Crippen LogP) is 3.81. The first-order chi connectivity index (χ1) is 9.24. The first-order valence-electron chi connectivity index (χ1n) is 6.21. The maximum absolute atomic E-state index is 13.5. The Labute approximate surface area is 110 Å². The van der Waals surface area contributed by atoms with E-state index in [1.165, 1.54) is 6.07 Å². The molecule has 1 unspecified atom stereocenters. The molecule has 3 rings (SSSR count). The third-order valence-corrected chi connectivity index (χ3v) is 3.20. The maximum Gasteiger partial charge on any atom is 0.169 e. The molecule has 0 spiro atoms. The van der Waals surface area contributed by atoms with Crippen molar-refractivity contribution >= 4 is 11.0 Å². The number of hydrogen-bond acceptors (Lipinski definition) is 2. The monoisotopic (exact) mass is 255 g/mol. The van der Waals surface area contributed by atoms with Crippen LogP contribution >= 0.6 is 0 Å². The van der Waals surface area contributed by atoms with E-state index < -0.39 is 0 Å². The highest BCUT2D eigenvalue weighted by atomic mass is 19.1. The Kier molecular flexibility index (Phi) is 3.05. The molecule has 0 amide bonds.